The molecule has 0 bridgehead atoms. The number of aliphatic hydroxyl groups excluding tert-OH is 1. The summed E-state index contributed by atoms with van der Waals surface area (Å²) in [5, 5.41) is 9.01. The lowest BCUT2D eigenvalue weighted by Crippen LogP contribution is -2.06. The minimum absolute atomic E-state index is 0.203. The Labute approximate surface area is 92.1 Å². The third-order valence-corrected chi connectivity index (χ3v) is 2.10. The van der Waals surface area contributed by atoms with Crippen molar-refractivity contribution in [3.05, 3.63) is 12.2 Å². The number of aliphatic hydroxyl groups is 1. The highest BCUT2D eigenvalue weighted by atomic mass is 16.5. The first-order valence-electron chi connectivity index (χ1n) is 5.54. The van der Waals surface area contributed by atoms with Gasteiger partial charge in [0.2, 0.25) is 0 Å². The van der Waals surface area contributed by atoms with E-state index in [4.69, 9.17) is 9.84 Å². The van der Waals surface area contributed by atoms with Crippen LogP contribution in [-0.4, -0.2) is 23.8 Å². The van der Waals surface area contributed by atoms with E-state index in [-0.39, 0.29) is 12.1 Å². The Hall–Kier alpha value is -0.830. The molecule has 0 aromatic rings. The van der Waals surface area contributed by atoms with Gasteiger partial charge in [-0.3, -0.25) is 0 Å². The Morgan fingerprint density at radius 2 is 1.93 bits per heavy atom. The summed E-state index contributed by atoms with van der Waals surface area (Å²) < 4.78 is 4.94. The minimum atomic E-state index is -0.306. The first-order valence-corrected chi connectivity index (χ1v) is 5.54. The topological polar surface area (TPSA) is 46.5 Å². The van der Waals surface area contributed by atoms with Crippen LogP contribution in [0.1, 0.15) is 46.0 Å². The van der Waals surface area contributed by atoms with Crippen LogP contribution >= 0.6 is 0 Å². The molecule has 0 spiro atoms. The fourth-order valence-corrected chi connectivity index (χ4v) is 1.18. The molecule has 0 aliphatic heterocycles. The Kier molecular flexibility index (Phi) is 8.01. The van der Waals surface area contributed by atoms with Crippen LogP contribution in [0.2, 0.25) is 0 Å². The van der Waals surface area contributed by atoms with E-state index in [0.29, 0.717) is 12.2 Å². The van der Waals surface area contributed by atoms with E-state index in [9.17, 15) is 4.79 Å². The smallest absolute Gasteiger partial charge is 0.333 e. The van der Waals surface area contributed by atoms with Gasteiger partial charge in [0, 0.05) is 5.57 Å². The molecule has 1 unspecified atom stereocenters. The molecule has 0 aromatic carbocycles. The predicted molar refractivity (Wildman–Crippen MR) is 60.5 cm³/mol. The van der Waals surface area contributed by atoms with Gasteiger partial charge in [-0.05, 0) is 26.7 Å². The van der Waals surface area contributed by atoms with Gasteiger partial charge < -0.3 is 9.84 Å². The molecule has 1 N–H and O–H groups in total. The number of hydrogen-bond acceptors (Lipinski definition) is 3. The van der Waals surface area contributed by atoms with Crippen LogP contribution in [0, 0.1) is 0 Å². The predicted octanol–water partition coefficient (Wildman–Crippen LogP) is 2.44. The normalized spacial score (nSPS) is 12.2. The van der Waals surface area contributed by atoms with Crippen LogP contribution in [0.4, 0.5) is 0 Å². The highest BCUT2D eigenvalue weighted by Crippen LogP contribution is 2.06. The van der Waals surface area contributed by atoms with Crippen molar-refractivity contribution in [1.82, 2.24) is 0 Å². The van der Waals surface area contributed by atoms with Crippen molar-refractivity contribution in [1.29, 1.82) is 0 Å². The van der Waals surface area contributed by atoms with E-state index < -0.39 is 0 Å². The minimum Gasteiger partial charge on any atom is -0.462 e. The summed E-state index contributed by atoms with van der Waals surface area (Å²) in [6, 6.07) is 0. The van der Waals surface area contributed by atoms with E-state index in [1.54, 1.807) is 13.8 Å². The first kappa shape index (κ1) is 14.2. The molecule has 1 atom stereocenters. The Balaban J connectivity index is 3.18. The van der Waals surface area contributed by atoms with Gasteiger partial charge in [0.15, 0.2) is 0 Å². The van der Waals surface area contributed by atoms with E-state index >= 15 is 0 Å². The summed E-state index contributed by atoms with van der Waals surface area (Å²) in [6.07, 6.45) is 4.69. The van der Waals surface area contributed by atoms with Crippen molar-refractivity contribution in [2.24, 2.45) is 0 Å². The molecule has 0 heterocycles. The first-order chi connectivity index (χ1) is 7.04. The molecule has 0 aromatic heterocycles. The van der Waals surface area contributed by atoms with Crippen LogP contribution in [-0.2, 0) is 9.53 Å². The number of unbranched alkanes of at least 4 members (excludes halogenated alkanes) is 3. The van der Waals surface area contributed by atoms with Crippen molar-refractivity contribution >= 4 is 5.97 Å². The number of rotatable bonds is 8. The Bertz CT molecular complexity index is 197. The molecule has 3 heteroatoms. The van der Waals surface area contributed by atoms with Crippen LogP contribution in [0.25, 0.3) is 0 Å². The zero-order valence-corrected chi connectivity index (χ0v) is 9.79. The summed E-state index contributed by atoms with van der Waals surface area (Å²) in [5.74, 6) is -0.306. The molecule has 3 nitrogen and oxygen atoms in total. The third-order valence-electron chi connectivity index (χ3n) is 2.10. The van der Waals surface area contributed by atoms with E-state index in [1.807, 2.05) is 0 Å². The number of carbonyl (C=O) groups excluding carboxylic acids is 1. The molecule has 0 aliphatic rings. The second-order valence-electron chi connectivity index (χ2n) is 3.97. The lowest BCUT2D eigenvalue weighted by Gasteiger charge is -2.05. The average Bonchev–Trinajstić information content (AvgIpc) is 2.15. The van der Waals surface area contributed by atoms with Gasteiger partial charge in [0.1, 0.15) is 0 Å². The molecule has 0 saturated carbocycles. The van der Waals surface area contributed by atoms with Gasteiger partial charge in [-0.1, -0.05) is 25.8 Å². The van der Waals surface area contributed by atoms with Crippen LogP contribution in [0.5, 0.6) is 0 Å². The standard InChI is InChI=1S/C12H22O3/c1-10(2)12(14)15-9-7-5-4-6-8-11(3)13/h11,13H,1,4-9H2,2-3H3. The van der Waals surface area contributed by atoms with Crippen molar-refractivity contribution in [3.63, 3.8) is 0 Å². The quantitative estimate of drug-likeness (QED) is 0.383. The molecule has 15 heavy (non-hydrogen) atoms. The van der Waals surface area contributed by atoms with Gasteiger partial charge >= 0.3 is 5.97 Å². The summed E-state index contributed by atoms with van der Waals surface area (Å²) >= 11 is 0. The molecule has 0 amide bonds. The zero-order valence-electron chi connectivity index (χ0n) is 9.79. The van der Waals surface area contributed by atoms with Crippen LogP contribution in [0.15, 0.2) is 12.2 Å². The highest BCUT2D eigenvalue weighted by molar-refractivity contribution is 5.86. The molecule has 0 aliphatic carbocycles. The molecule has 0 fully saturated rings. The maximum Gasteiger partial charge on any atom is 0.333 e. The van der Waals surface area contributed by atoms with E-state index in [1.165, 1.54) is 0 Å². The second kappa shape index (κ2) is 8.48. The fraction of sp³-hybridized carbons (Fsp3) is 0.750. The largest absolute Gasteiger partial charge is 0.462 e. The maximum absolute atomic E-state index is 11.0. The van der Waals surface area contributed by atoms with Gasteiger partial charge in [0.05, 0.1) is 12.7 Å². The summed E-state index contributed by atoms with van der Waals surface area (Å²) in [6.45, 7) is 7.42. The van der Waals surface area contributed by atoms with Gasteiger partial charge in [0.25, 0.3) is 0 Å². The van der Waals surface area contributed by atoms with E-state index in [0.717, 1.165) is 32.1 Å². The van der Waals surface area contributed by atoms with Crippen molar-refractivity contribution in [2.45, 2.75) is 52.1 Å². The molecular formula is C12H22O3. The third kappa shape index (κ3) is 9.47. The maximum atomic E-state index is 11.0. The van der Waals surface area contributed by atoms with Crippen LogP contribution in [0.3, 0.4) is 0 Å². The molecular weight excluding hydrogens is 192 g/mol. The summed E-state index contributed by atoms with van der Waals surface area (Å²) in [5.41, 5.74) is 0.448. The lowest BCUT2D eigenvalue weighted by molar-refractivity contribution is -0.139. The summed E-state index contributed by atoms with van der Waals surface area (Å²) in [7, 11) is 0. The molecule has 0 radical (unpaired) electrons. The van der Waals surface area contributed by atoms with Crippen molar-refractivity contribution < 1.29 is 14.6 Å². The van der Waals surface area contributed by atoms with Gasteiger partial charge in [-0.25, -0.2) is 4.79 Å². The van der Waals surface area contributed by atoms with Crippen LogP contribution < -0.4 is 0 Å². The SMILES string of the molecule is C=C(C)C(=O)OCCCCCCC(C)O. The number of carbonyl (C=O) groups is 1. The van der Waals surface area contributed by atoms with Crippen molar-refractivity contribution in [3.8, 4) is 0 Å². The Morgan fingerprint density at radius 1 is 1.33 bits per heavy atom. The number of esters is 1. The highest BCUT2D eigenvalue weighted by Gasteiger charge is 2.01. The average molecular weight is 214 g/mol. The monoisotopic (exact) mass is 214 g/mol. The van der Waals surface area contributed by atoms with E-state index in [2.05, 4.69) is 6.58 Å². The number of hydrogen-bond donors (Lipinski definition) is 1. The molecule has 88 valence electrons. The fourth-order valence-electron chi connectivity index (χ4n) is 1.18. The van der Waals surface area contributed by atoms with Gasteiger partial charge in [-0.2, -0.15) is 0 Å². The number of ether oxygens (including phenoxy) is 1. The molecule has 0 saturated heterocycles. The van der Waals surface area contributed by atoms with Gasteiger partial charge in [-0.15, -0.1) is 0 Å². The lowest BCUT2D eigenvalue weighted by atomic mass is 10.1. The Morgan fingerprint density at radius 3 is 2.47 bits per heavy atom. The zero-order chi connectivity index (χ0) is 11.7. The molecule has 0 rings (SSSR count). The second-order valence-corrected chi connectivity index (χ2v) is 3.97. The summed E-state index contributed by atoms with van der Waals surface area (Å²) in [4.78, 5) is 11.0. The van der Waals surface area contributed by atoms with Crippen molar-refractivity contribution in [2.75, 3.05) is 6.61 Å².